The van der Waals surface area contributed by atoms with Gasteiger partial charge in [0.1, 0.15) is 11.3 Å². The number of halogens is 1. The molecule has 0 unspecified atom stereocenters. The molecule has 4 heterocycles. The molecule has 0 spiro atoms. The Labute approximate surface area is 144 Å². The standard InChI is InChI=1S/C17H16ClN5O/c18-15-14-13(3-8-20-15)17(23-9-4-12(24)5-10-23)22-16(21-14)11-1-6-19-7-2-11/h1-3,6-8,12,24H,4-5,9-10H2. The molecule has 122 valence electrons. The highest BCUT2D eigenvalue weighted by atomic mass is 35.5. The molecule has 1 N–H and O–H groups in total. The number of rotatable bonds is 2. The highest BCUT2D eigenvalue weighted by Crippen LogP contribution is 2.31. The lowest BCUT2D eigenvalue weighted by Crippen LogP contribution is -2.36. The van der Waals surface area contributed by atoms with E-state index in [0.29, 0.717) is 16.5 Å². The van der Waals surface area contributed by atoms with Crippen molar-refractivity contribution in [1.29, 1.82) is 0 Å². The minimum absolute atomic E-state index is 0.237. The monoisotopic (exact) mass is 341 g/mol. The van der Waals surface area contributed by atoms with Gasteiger partial charge < -0.3 is 10.0 Å². The van der Waals surface area contributed by atoms with Gasteiger partial charge in [-0.25, -0.2) is 15.0 Å². The summed E-state index contributed by atoms with van der Waals surface area (Å²) < 4.78 is 0. The number of anilines is 1. The molecule has 3 aromatic rings. The SMILES string of the molecule is OC1CCN(c2nc(-c3ccncc3)nc3c(Cl)nccc23)CC1. The maximum absolute atomic E-state index is 9.77. The second-order valence-electron chi connectivity index (χ2n) is 5.82. The van der Waals surface area contributed by atoms with Gasteiger partial charge in [-0.3, -0.25) is 4.98 Å². The Morgan fingerprint density at radius 3 is 2.54 bits per heavy atom. The molecule has 7 heteroatoms. The third kappa shape index (κ3) is 2.79. The first-order chi connectivity index (χ1) is 11.7. The summed E-state index contributed by atoms with van der Waals surface area (Å²) >= 11 is 6.28. The van der Waals surface area contributed by atoms with Crippen LogP contribution < -0.4 is 4.90 Å². The number of fused-ring (bicyclic) bond motifs is 1. The average molecular weight is 342 g/mol. The van der Waals surface area contributed by atoms with Gasteiger partial charge in [0.05, 0.1) is 6.10 Å². The lowest BCUT2D eigenvalue weighted by atomic mass is 10.1. The van der Waals surface area contributed by atoms with Crippen molar-refractivity contribution in [3.8, 4) is 11.4 Å². The van der Waals surface area contributed by atoms with Gasteiger partial charge in [-0.2, -0.15) is 0 Å². The van der Waals surface area contributed by atoms with E-state index >= 15 is 0 Å². The fourth-order valence-corrected chi connectivity index (χ4v) is 3.16. The Balaban J connectivity index is 1.89. The van der Waals surface area contributed by atoms with Crippen LogP contribution in [0.15, 0.2) is 36.8 Å². The molecule has 0 amide bonds. The molecule has 0 atom stereocenters. The molecular weight excluding hydrogens is 326 g/mol. The zero-order chi connectivity index (χ0) is 16.5. The second kappa shape index (κ2) is 6.30. The van der Waals surface area contributed by atoms with Gasteiger partial charge in [-0.1, -0.05) is 11.6 Å². The van der Waals surface area contributed by atoms with Crippen LogP contribution in [0, 0.1) is 0 Å². The molecule has 0 radical (unpaired) electrons. The summed E-state index contributed by atoms with van der Waals surface area (Å²) in [7, 11) is 0. The molecule has 0 aliphatic carbocycles. The normalized spacial score (nSPS) is 15.8. The smallest absolute Gasteiger partial charge is 0.162 e. The summed E-state index contributed by atoms with van der Waals surface area (Å²) in [6.45, 7) is 1.51. The Bertz CT molecular complexity index is 865. The van der Waals surface area contributed by atoms with E-state index in [2.05, 4.69) is 19.9 Å². The molecular formula is C17H16ClN5O. The fourth-order valence-electron chi connectivity index (χ4n) is 2.96. The second-order valence-corrected chi connectivity index (χ2v) is 6.18. The zero-order valence-corrected chi connectivity index (χ0v) is 13.7. The van der Waals surface area contributed by atoms with Crippen LogP contribution >= 0.6 is 11.6 Å². The van der Waals surface area contributed by atoms with Crippen molar-refractivity contribution in [2.75, 3.05) is 18.0 Å². The van der Waals surface area contributed by atoms with E-state index in [1.165, 1.54) is 0 Å². The molecule has 1 aliphatic heterocycles. The number of hydrogen-bond donors (Lipinski definition) is 1. The van der Waals surface area contributed by atoms with Gasteiger partial charge in [0.2, 0.25) is 0 Å². The van der Waals surface area contributed by atoms with Crippen LogP contribution in [0.2, 0.25) is 5.15 Å². The average Bonchev–Trinajstić information content (AvgIpc) is 2.63. The van der Waals surface area contributed by atoms with Gasteiger partial charge in [0.25, 0.3) is 0 Å². The van der Waals surface area contributed by atoms with Crippen molar-refractivity contribution < 1.29 is 5.11 Å². The number of aliphatic hydroxyl groups excluding tert-OH is 1. The molecule has 1 saturated heterocycles. The lowest BCUT2D eigenvalue weighted by Gasteiger charge is -2.31. The Morgan fingerprint density at radius 1 is 1.04 bits per heavy atom. The van der Waals surface area contributed by atoms with E-state index in [1.54, 1.807) is 18.6 Å². The van der Waals surface area contributed by atoms with Gasteiger partial charge in [-0.15, -0.1) is 0 Å². The van der Waals surface area contributed by atoms with Crippen LogP contribution in [0.4, 0.5) is 5.82 Å². The molecule has 1 fully saturated rings. The lowest BCUT2D eigenvalue weighted by molar-refractivity contribution is 0.145. The highest BCUT2D eigenvalue weighted by molar-refractivity contribution is 6.34. The summed E-state index contributed by atoms with van der Waals surface area (Å²) in [5, 5.41) is 11.0. The first-order valence-corrected chi connectivity index (χ1v) is 8.26. The number of hydrogen-bond acceptors (Lipinski definition) is 6. The maximum Gasteiger partial charge on any atom is 0.162 e. The van der Waals surface area contributed by atoms with Gasteiger partial charge >= 0.3 is 0 Å². The Morgan fingerprint density at radius 2 is 1.79 bits per heavy atom. The van der Waals surface area contributed by atoms with Crippen molar-refractivity contribution in [3.05, 3.63) is 41.9 Å². The van der Waals surface area contributed by atoms with E-state index in [0.717, 1.165) is 42.7 Å². The Hall–Kier alpha value is -2.31. The summed E-state index contributed by atoms with van der Waals surface area (Å²) in [5.41, 5.74) is 1.52. The van der Waals surface area contributed by atoms with E-state index in [-0.39, 0.29) is 6.10 Å². The van der Waals surface area contributed by atoms with Gasteiger partial charge in [-0.05, 0) is 31.0 Å². The van der Waals surface area contributed by atoms with E-state index in [9.17, 15) is 5.11 Å². The van der Waals surface area contributed by atoms with Crippen LogP contribution in [0.3, 0.4) is 0 Å². The first kappa shape index (κ1) is 15.2. The van der Waals surface area contributed by atoms with E-state index in [1.807, 2.05) is 18.2 Å². The summed E-state index contributed by atoms with van der Waals surface area (Å²) in [6.07, 6.45) is 6.32. The van der Waals surface area contributed by atoms with Crippen LogP contribution in [-0.4, -0.2) is 44.2 Å². The van der Waals surface area contributed by atoms with Crippen LogP contribution in [0.1, 0.15) is 12.8 Å². The third-order valence-electron chi connectivity index (χ3n) is 4.25. The number of aromatic nitrogens is 4. The van der Waals surface area contributed by atoms with Crippen molar-refractivity contribution in [1.82, 2.24) is 19.9 Å². The minimum Gasteiger partial charge on any atom is -0.393 e. The number of aliphatic hydroxyl groups is 1. The van der Waals surface area contributed by atoms with Crippen LogP contribution in [-0.2, 0) is 0 Å². The largest absolute Gasteiger partial charge is 0.393 e. The molecule has 0 bridgehead atoms. The van der Waals surface area contributed by atoms with Crippen LogP contribution in [0.25, 0.3) is 22.3 Å². The molecule has 6 nitrogen and oxygen atoms in total. The van der Waals surface area contributed by atoms with E-state index < -0.39 is 0 Å². The first-order valence-electron chi connectivity index (χ1n) is 7.88. The number of piperidine rings is 1. The fraction of sp³-hybridized carbons (Fsp3) is 0.294. The summed E-state index contributed by atoms with van der Waals surface area (Å²) in [5.74, 6) is 1.43. The van der Waals surface area contributed by atoms with Gasteiger partial charge in [0.15, 0.2) is 11.0 Å². The quantitative estimate of drug-likeness (QED) is 0.722. The number of pyridine rings is 2. The predicted octanol–water partition coefficient (Wildman–Crippen LogP) is 2.70. The van der Waals surface area contributed by atoms with E-state index in [4.69, 9.17) is 16.6 Å². The summed E-state index contributed by atoms with van der Waals surface area (Å²) in [6, 6.07) is 5.63. The highest BCUT2D eigenvalue weighted by Gasteiger charge is 2.22. The topological polar surface area (TPSA) is 75.0 Å². The molecule has 4 rings (SSSR count). The third-order valence-corrected chi connectivity index (χ3v) is 4.53. The number of nitrogens with zero attached hydrogens (tertiary/aromatic N) is 5. The van der Waals surface area contributed by atoms with Crippen molar-refractivity contribution in [2.45, 2.75) is 18.9 Å². The van der Waals surface area contributed by atoms with Crippen molar-refractivity contribution in [2.24, 2.45) is 0 Å². The maximum atomic E-state index is 9.77. The Kier molecular flexibility index (Phi) is 4.00. The molecule has 0 aromatic carbocycles. The predicted molar refractivity (Wildman–Crippen MR) is 93.0 cm³/mol. The molecule has 0 saturated carbocycles. The van der Waals surface area contributed by atoms with Gasteiger partial charge in [0, 0.05) is 42.6 Å². The zero-order valence-electron chi connectivity index (χ0n) is 12.9. The van der Waals surface area contributed by atoms with Crippen molar-refractivity contribution in [3.63, 3.8) is 0 Å². The molecule has 24 heavy (non-hydrogen) atoms. The van der Waals surface area contributed by atoms with Crippen molar-refractivity contribution >= 4 is 28.3 Å². The minimum atomic E-state index is -0.237. The molecule has 3 aromatic heterocycles. The summed E-state index contributed by atoms with van der Waals surface area (Å²) in [4.78, 5) is 19.7. The van der Waals surface area contributed by atoms with Crippen LogP contribution in [0.5, 0.6) is 0 Å². The molecule has 1 aliphatic rings.